The molecule has 1 aliphatic heterocycles. The highest BCUT2D eigenvalue weighted by Gasteiger charge is 2.52. The van der Waals surface area contributed by atoms with Gasteiger partial charge in [-0.2, -0.15) is 5.10 Å². The molecule has 1 aliphatic rings. The molecule has 0 saturated carbocycles. The lowest BCUT2D eigenvalue weighted by molar-refractivity contribution is 0.00578. The van der Waals surface area contributed by atoms with Gasteiger partial charge < -0.3 is 14.0 Å². The van der Waals surface area contributed by atoms with Crippen LogP contribution in [0.1, 0.15) is 41.5 Å². The summed E-state index contributed by atoms with van der Waals surface area (Å²) in [5, 5.41) is 4.40. The van der Waals surface area contributed by atoms with Crippen LogP contribution in [0.5, 0.6) is 5.75 Å². The van der Waals surface area contributed by atoms with Gasteiger partial charge in [0.15, 0.2) is 0 Å². The van der Waals surface area contributed by atoms with E-state index in [2.05, 4.69) is 5.10 Å². The minimum atomic E-state index is -0.399. The molecule has 1 aromatic heterocycles. The number of hydrogen-bond donors (Lipinski definition) is 0. The highest BCUT2D eigenvalue weighted by Crippen LogP contribution is 2.36. The van der Waals surface area contributed by atoms with Gasteiger partial charge in [0.25, 0.3) is 0 Å². The van der Waals surface area contributed by atoms with Crippen molar-refractivity contribution in [2.24, 2.45) is 0 Å². The summed E-state index contributed by atoms with van der Waals surface area (Å²) in [5.74, 6) is 0.796. The van der Waals surface area contributed by atoms with Crippen LogP contribution in [0.2, 0.25) is 0 Å². The molecule has 0 N–H and O–H groups in total. The van der Waals surface area contributed by atoms with E-state index in [0.717, 1.165) is 16.9 Å². The number of rotatable bonds is 3. The molecule has 3 rings (SSSR count). The lowest BCUT2D eigenvalue weighted by atomic mass is 9.82. The maximum atomic E-state index is 6.04. The maximum Gasteiger partial charge on any atom is 0.498 e. The van der Waals surface area contributed by atoms with Crippen LogP contribution in [0.15, 0.2) is 36.7 Å². The molecule has 0 bridgehead atoms. The molecule has 0 aliphatic carbocycles. The lowest BCUT2D eigenvalue weighted by Crippen LogP contribution is -2.41. The molecular formula is C18H27BN2O3. The average Bonchev–Trinajstić information content (AvgIpc) is 3.13. The van der Waals surface area contributed by atoms with Crippen molar-refractivity contribution in [2.75, 3.05) is 7.11 Å². The normalized spacial score (nSPS) is 18.0. The monoisotopic (exact) mass is 330 g/mol. The van der Waals surface area contributed by atoms with Crippen molar-refractivity contribution in [1.29, 1.82) is 0 Å². The van der Waals surface area contributed by atoms with Gasteiger partial charge in [0.05, 0.1) is 24.0 Å². The van der Waals surface area contributed by atoms with Crippen LogP contribution in [0, 0.1) is 0 Å². The zero-order chi connectivity index (χ0) is 18.0. The Balaban J connectivity index is 0.00000100. The zero-order valence-corrected chi connectivity index (χ0v) is 15.7. The Bertz CT molecular complexity index is 666. The standard InChI is InChI=1S/C16H21BN2O3.C2H6/c1-15(2)16(3,4)22-17(21-15)12-10-18-19(11-12)13-7-6-8-14(9-13)20-5;1-2/h6-11H,1-5H3;1-2H3. The quantitative estimate of drug-likeness (QED) is 0.811. The minimum absolute atomic E-state index is 0.351. The Morgan fingerprint density at radius 2 is 1.71 bits per heavy atom. The van der Waals surface area contributed by atoms with Crippen LogP contribution in [0.3, 0.4) is 0 Å². The molecule has 2 aromatic rings. The number of benzene rings is 1. The van der Waals surface area contributed by atoms with Crippen molar-refractivity contribution in [3.05, 3.63) is 36.7 Å². The highest BCUT2D eigenvalue weighted by atomic mass is 16.7. The second-order valence-corrected chi connectivity index (χ2v) is 6.51. The van der Waals surface area contributed by atoms with Gasteiger partial charge in [-0.1, -0.05) is 19.9 Å². The van der Waals surface area contributed by atoms with Crippen molar-refractivity contribution >= 4 is 12.6 Å². The molecule has 1 aromatic carbocycles. The van der Waals surface area contributed by atoms with Crippen LogP contribution in [-0.4, -0.2) is 35.2 Å². The molecule has 2 heterocycles. The van der Waals surface area contributed by atoms with E-state index in [1.54, 1.807) is 18.0 Å². The third kappa shape index (κ3) is 3.49. The number of nitrogens with zero attached hydrogens (tertiary/aromatic N) is 2. The summed E-state index contributed by atoms with van der Waals surface area (Å²) < 4.78 is 19.1. The van der Waals surface area contributed by atoms with E-state index >= 15 is 0 Å². The molecule has 6 heteroatoms. The van der Waals surface area contributed by atoms with Gasteiger partial charge in [-0.05, 0) is 39.8 Å². The Kier molecular flexibility index (Phi) is 5.40. The minimum Gasteiger partial charge on any atom is -0.497 e. The molecule has 0 unspecified atom stereocenters. The van der Waals surface area contributed by atoms with E-state index in [1.165, 1.54) is 0 Å². The Morgan fingerprint density at radius 3 is 2.29 bits per heavy atom. The molecule has 5 nitrogen and oxygen atoms in total. The highest BCUT2D eigenvalue weighted by molar-refractivity contribution is 6.62. The fraction of sp³-hybridized carbons (Fsp3) is 0.500. The third-order valence-electron chi connectivity index (χ3n) is 4.45. The Morgan fingerprint density at radius 1 is 1.08 bits per heavy atom. The van der Waals surface area contributed by atoms with Crippen molar-refractivity contribution in [2.45, 2.75) is 52.7 Å². The van der Waals surface area contributed by atoms with Crippen molar-refractivity contribution in [3.8, 4) is 11.4 Å². The largest absolute Gasteiger partial charge is 0.498 e. The van der Waals surface area contributed by atoms with E-state index in [0.29, 0.717) is 0 Å². The summed E-state index contributed by atoms with van der Waals surface area (Å²) >= 11 is 0. The molecule has 0 atom stereocenters. The van der Waals surface area contributed by atoms with Crippen molar-refractivity contribution in [3.63, 3.8) is 0 Å². The number of ether oxygens (including phenoxy) is 1. The van der Waals surface area contributed by atoms with E-state index < -0.39 is 7.12 Å². The topological polar surface area (TPSA) is 45.5 Å². The predicted octanol–water partition coefficient (Wildman–Crippen LogP) is 3.21. The Labute approximate surface area is 145 Å². The summed E-state index contributed by atoms with van der Waals surface area (Å²) in [7, 11) is 1.25. The molecule has 1 fully saturated rings. The number of hydrogen-bond acceptors (Lipinski definition) is 4. The smallest absolute Gasteiger partial charge is 0.497 e. The molecule has 130 valence electrons. The van der Waals surface area contributed by atoms with Crippen LogP contribution < -0.4 is 10.2 Å². The fourth-order valence-electron chi connectivity index (χ4n) is 2.33. The van der Waals surface area contributed by atoms with Gasteiger partial charge in [0.1, 0.15) is 5.75 Å². The predicted molar refractivity (Wildman–Crippen MR) is 97.2 cm³/mol. The van der Waals surface area contributed by atoms with E-state index in [4.69, 9.17) is 14.0 Å². The summed E-state index contributed by atoms with van der Waals surface area (Å²) in [6, 6.07) is 7.75. The average molecular weight is 330 g/mol. The molecule has 0 radical (unpaired) electrons. The molecule has 24 heavy (non-hydrogen) atoms. The first-order chi connectivity index (χ1) is 11.3. The first kappa shape index (κ1) is 18.6. The summed E-state index contributed by atoms with van der Waals surface area (Å²) in [5.41, 5.74) is 1.13. The van der Waals surface area contributed by atoms with E-state index in [-0.39, 0.29) is 11.2 Å². The van der Waals surface area contributed by atoms with Crippen LogP contribution in [-0.2, 0) is 9.31 Å². The van der Waals surface area contributed by atoms with Gasteiger partial charge in [-0.25, -0.2) is 4.68 Å². The van der Waals surface area contributed by atoms with Crippen molar-refractivity contribution < 1.29 is 14.0 Å². The maximum absolute atomic E-state index is 6.04. The number of aromatic nitrogens is 2. The first-order valence-corrected chi connectivity index (χ1v) is 8.37. The second kappa shape index (κ2) is 6.99. The van der Waals surface area contributed by atoms with Gasteiger partial charge in [-0.15, -0.1) is 0 Å². The van der Waals surface area contributed by atoms with Crippen LogP contribution >= 0.6 is 0 Å². The fourth-order valence-corrected chi connectivity index (χ4v) is 2.33. The molecule has 0 spiro atoms. The van der Waals surface area contributed by atoms with Crippen molar-refractivity contribution in [1.82, 2.24) is 9.78 Å². The lowest BCUT2D eigenvalue weighted by Gasteiger charge is -2.32. The zero-order valence-electron chi connectivity index (χ0n) is 15.7. The summed E-state index contributed by atoms with van der Waals surface area (Å²) in [4.78, 5) is 0. The van der Waals surface area contributed by atoms with Gasteiger partial charge in [0, 0.05) is 23.9 Å². The van der Waals surface area contributed by atoms with Gasteiger partial charge in [0.2, 0.25) is 0 Å². The second-order valence-electron chi connectivity index (χ2n) is 6.51. The SMILES string of the molecule is CC.COc1cccc(-n2cc(B3OC(C)(C)C(C)(C)O3)cn2)c1. The van der Waals surface area contributed by atoms with E-state index in [1.807, 2.05) is 72.0 Å². The Hall–Kier alpha value is -1.79. The molecular weight excluding hydrogens is 303 g/mol. The molecule has 0 amide bonds. The first-order valence-electron chi connectivity index (χ1n) is 8.37. The molecule has 1 saturated heterocycles. The summed E-state index contributed by atoms with van der Waals surface area (Å²) in [6.45, 7) is 12.2. The van der Waals surface area contributed by atoms with Crippen LogP contribution in [0.4, 0.5) is 0 Å². The number of methoxy groups -OCH3 is 1. The van der Waals surface area contributed by atoms with Gasteiger partial charge in [-0.3, -0.25) is 0 Å². The van der Waals surface area contributed by atoms with Crippen LogP contribution in [0.25, 0.3) is 5.69 Å². The third-order valence-corrected chi connectivity index (χ3v) is 4.45. The van der Waals surface area contributed by atoms with E-state index in [9.17, 15) is 0 Å². The van der Waals surface area contributed by atoms with Gasteiger partial charge >= 0.3 is 7.12 Å². The summed E-state index contributed by atoms with van der Waals surface area (Å²) in [6.07, 6.45) is 3.71.